The van der Waals surface area contributed by atoms with E-state index < -0.39 is 5.91 Å². The van der Waals surface area contributed by atoms with E-state index in [2.05, 4.69) is 19.2 Å². The first-order chi connectivity index (χ1) is 11.8. The Kier molecular flexibility index (Phi) is 6.01. The molecule has 0 aromatic heterocycles. The lowest BCUT2D eigenvalue weighted by molar-refractivity contribution is -0.112. The number of nitrogens with one attached hydrogen (secondary N) is 1. The van der Waals surface area contributed by atoms with E-state index in [1.807, 2.05) is 50.2 Å². The van der Waals surface area contributed by atoms with Gasteiger partial charge in [0.2, 0.25) is 0 Å². The first kappa shape index (κ1) is 18.8. The number of hydrogen-bond donors (Lipinski definition) is 1. The van der Waals surface area contributed by atoms with Crippen LogP contribution in [0.3, 0.4) is 0 Å². The van der Waals surface area contributed by atoms with Crippen LogP contribution >= 0.6 is 11.6 Å². The molecule has 2 aromatic carbocycles. The van der Waals surface area contributed by atoms with Gasteiger partial charge in [-0.2, -0.15) is 5.26 Å². The lowest BCUT2D eigenvalue weighted by atomic mass is 10.0. The van der Waals surface area contributed by atoms with E-state index in [0.717, 1.165) is 16.7 Å². The number of carbonyl (C=O) groups excluding carboxylic acids is 1. The molecule has 0 unspecified atom stereocenters. The Morgan fingerprint density at radius 1 is 1.20 bits per heavy atom. The second-order valence-corrected chi connectivity index (χ2v) is 6.79. The van der Waals surface area contributed by atoms with Crippen LogP contribution in [-0.2, 0) is 4.79 Å². The van der Waals surface area contributed by atoms with E-state index in [9.17, 15) is 10.1 Å². The van der Waals surface area contributed by atoms with Gasteiger partial charge in [-0.25, -0.2) is 0 Å². The first-order valence-corrected chi connectivity index (χ1v) is 8.49. The number of rotatable bonds is 4. The average Bonchev–Trinajstić information content (AvgIpc) is 2.56. The molecule has 0 aliphatic heterocycles. The third kappa shape index (κ3) is 4.71. The van der Waals surface area contributed by atoms with Crippen LogP contribution in [0.4, 0.5) is 5.69 Å². The summed E-state index contributed by atoms with van der Waals surface area (Å²) in [6.45, 7) is 8.04. The molecule has 0 aliphatic rings. The van der Waals surface area contributed by atoms with Crippen molar-refractivity contribution in [3.63, 3.8) is 0 Å². The number of nitriles is 1. The number of anilines is 1. The van der Waals surface area contributed by atoms with Gasteiger partial charge in [-0.05, 0) is 54.2 Å². The number of hydrogen-bond acceptors (Lipinski definition) is 2. The SMILES string of the molecule is Cc1cc(C)c(NC(=O)/C(C#N)=C/c2ccc(C(C)C)cc2)c(Cl)c1. The molecule has 0 saturated carbocycles. The Morgan fingerprint density at radius 2 is 1.84 bits per heavy atom. The maximum Gasteiger partial charge on any atom is 0.266 e. The van der Waals surface area contributed by atoms with Crippen LogP contribution in [0, 0.1) is 25.2 Å². The van der Waals surface area contributed by atoms with Gasteiger partial charge in [-0.3, -0.25) is 4.79 Å². The molecule has 0 radical (unpaired) electrons. The first-order valence-electron chi connectivity index (χ1n) is 8.11. The summed E-state index contributed by atoms with van der Waals surface area (Å²) in [5, 5.41) is 12.6. The fourth-order valence-corrected chi connectivity index (χ4v) is 2.92. The van der Waals surface area contributed by atoms with E-state index in [1.165, 1.54) is 5.56 Å². The highest BCUT2D eigenvalue weighted by Gasteiger charge is 2.13. The van der Waals surface area contributed by atoms with Crippen molar-refractivity contribution in [2.75, 3.05) is 5.32 Å². The van der Waals surface area contributed by atoms with Gasteiger partial charge >= 0.3 is 0 Å². The highest BCUT2D eigenvalue weighted by molar-refractivity contribution is 6.34. The summed E-state index contributed by atoms with van der Waals surface area (Å²) in [4.78, 5) is 12.5. The van der Waals surface area contributed by atoms with Crippen molar-refractivity contribution in [2.45, 2.75) is 33.6 Å². The molecule has 2 rings (SSSR count). The molecule has 1 N–H and O–H groups in total. The van der Waals surface area contributed by atoms with Gasteiger partial charge in [0.15, 0.2) is 0 Å². The number of carbonyl (C=O) groups is 1. The van der Waals surface area contributed by atoms with E-state index in [0.29, 0.717) is 16.6 Å². The normalized spacial score (nSPS) is 11.3. The molecule has 0 fully saturated rings. The molecule has 0 atom stereocenters. The van der Waals surface area contributed by atoms with Crippen molar-refractivity contribution in [1.82, 2.24) is 0 Å². The van der Waals surface area contributed by atoms with Crippen LogP contribution in [0.15, 0.2) is 42.0 Å². The fourth-order valence-electron chi connectivity index (χ4n) is 2.55. The summed E-state index contributed by atoms with van der Waals surface area (Å²) in [7, 11) is 0. The van der Waals surface area contributed by atoms with E-state index >= 15 is 0 Å². The number of nitrogens with zero attached hydrogens (tertiary/aromatic N) is 1. The summed E-state index contributed by atoms with van der Waals surface area (Å²) in [6, 6.07) is 13.5. The predicted octanol–water partition coefficient (Wildman–Crippen LogP) is 5.63. The molecular weight excluding hydrogens is 332 g/mol. The van der Waals surface area contributed by atoms with Crippen LogP contribution in [0.5, 0.6) is 0 Å². The van der Waals surface area contributed by atoms with Crippen LogP contribution in [0.1, 0.15) is 42.0 Å². The van der Waals surface area contributed by atoms with Crippen molar-refractivity contribution >= 4 is 29.3 Å². The van der Waals surface area contributed by atoms with Crippen LogP contribution < -0.4 is 5.32 Å². The van der Waals surface area contributed by atoms with Crippen LogP contribution in [0.2, 0.25) is 5.02 Å². The van der Waals surface area contributed by atoms with Crippen molar-refractivity contribution in [2.24, 2.45) is 0 Å². The van der Waals surface area contributed by atoms with Crippen LogP contribution in [-0.4, -0.2) is 5.91 Å². The number of benzene rings is 2. The van der Waals surface area contributed by atoms with Crippen molar-refractivity contribution in [3.05, 3.63) is 69.2 Å². The monoisotopic (exact) mass is 352 g/mol. The maximum atomic E-state index is 12.5. The zero-order valence-corrected chi connectivity index (χ0v) is 15.6. The van der Waals surface area contributed by atoms with Crippen LogP contribution in [0.25, 0.3) is 6.08 Å². The minimum atomic E-state index is -0.468. The molecule has 0 bridgehead atoms. The van der Waals surface area contributed by atoms with E-state index in [4.69, 9.17) is 11.6 Å². The average molecular weight is 353 g/mol. The highest BCUT2D eigenvalue weighted by atomic mass is 35.5. The summed E-state index contributed by atoms with van der Waals surface area (Å²) in [5.74, 6) is -0.0345. The van der Waals surface area contributed by atoms with Crippen molar-refractivity contribution in [1.29, 1.82) is 5.26 Å². The van der Waals surface area contributed by atoms with Gasteiger partial charge in [0.05, 0.1) is 10.7 Å². The largest absolute Gasteiger partial charge is 0.320 e. The summed E-state index contributed by atoms with van der Waals surface area (Å²) >= 11 is 6.22. The third-order valence-corrected chi connectivity index (χ3v) is 4.25. The standard InChI is InChI=1S/C21H21ClN2O/c1-13(2)17-7-5-16(6-8-17)11-18(12-23)21(25)24-20-15(4)9-14(3)10-19(20)22/h5-11,13H,1-4H3,(H,24,25)/b18-11+. The molecule has 0 saturated heterocycles. The summed E-state index contributed by atoms with van der Waals surface area (Å²) in [5.41, 5.74) is 4.46. The van der Waals surface area contributed by atoms with Gasteiger partial charge in [-0.1, -0.05) is 55.8 Å². The van der Waals surface area contributed by atoms with E-state index in [1.54, 1.807) is 12.1 Å². The number of aryl methyl sites for hydroxylation is 2. The molecule has 1 amide bonds. The Morgan fingerprint density at radius 3 is 2.36 bits per heavy atom. The topological polar surface area (TPSA) is 52.9 Å². The second-order valence-electron chi connectivity index (χ2n) is 6.38. The number of amides is 1. The van der Waals surface area contributed by atoms with Gasteiger partial charge in [0.1, 0.15) is 11.6 Å². The molecule has 128 valence electrons. The molecule has 3 nitrogen and oxygen atoms in total. The molecule has 4 heteroatoms. The second kappa shape index (κ2) is 8.00. The van der Waals surface area contributed by atoms with Crippen molar-refractivity contribution < 1.29 is 4.79 Å². The Balaban J connectivity index is 2.26. The Labute approximate surface area is 153 Å². The molecule has 0 heterocycles. The zero-order valence-electron chi connectivity index (χ0n) is 14.9. The lowest BCUT2D eigenvalue weighted by Gasteiger charge is -2.11. The smallest absolute Gasteiger partial charge is 0.266 e. The quantitative estimate of drug-likeness (QED) is 0.573. The molecule has 0 spiro atoms. The lowest BCUT2D eigenvalue weighted by Crippen LogP contribution is -2.14. The molecular formula is C21H21ClN2O. The summed E-state index contributed by atoms with van der Waals surface area (Å²) < 4.78 is 0. The predicted molar refractivity (Wildman–Crippen MR) is 104 cm³/mol. The van der Waals surface area contributed by atoms with E-state index in [-0.39, 0.29) is 5.57 Å². The zero-order chi connectivity index (χ0) is 18.6. The third-order valence-electron chi connectivity index (χ3n) is 3.95. The van der Waals surface area contributed by atoms with Gasteiger partial charge in [0, 0.05) is 0 Å². The molecule has 2 aromatic rings. The van der Waals surface area contributed by atoms with Gasteiger partial charge in [0.25, 0.3) is 5.91 Å². The highest BCUT2D eigenvalue weighted by Crippen LogP contribution is 2.28. The maximum absolute atomic E-state index is 12.5. The Bertz CT molecular complexity index is 835. The minimum absolute atomic E-state index is 0.0355. The van der Waals surface area contributed by atoms with Gasteiger partial charge < -0.3 is 5.32 Å². The molecule has 0 aliphatic carbocycles. The minimum Gasteiger partial charge on any atom is -0.320 e. The molecule has 25 heavy (non-hydrogen) atoms. The Hall–Kier alpha value is -2.57. The van der Waals surface area contributed by atoms with Gasteiger partial charge in [-0.15, -0.1) is 0 Å². The fraction of sp³-hybridized carbons (Fsp3) is 0.238. The van der Waals surface area contributed by atoms with Crippen molar-refractivity contribution in [3.8, 4) is 6.07 Å². The number of halogens is 1. The summed E-state index contributed by atoms with van der Waals surface area (Å²) in [6.07, 6.45) is 1.58.